The Hall–Kier alpha value is -4.33. The molecule has 8 heteroatoms. The molecule has 1 amide bonds. The van der Waals surface area contributed by atoms with Crippen LogP contribution in [0.15, 0.2) is 77.3 Å². The minimum absolute atomic E-state index is 0.0467. The van der Waals surface area contributed by atoms with E-state index in [1.807, 2.05) is 6.92 Å². The second kappa shape index (κ2) is 9.66. The number of aliphatic hydroxyl groups is 1. The van der Waals surface area contributed by atoms with Crippen molar-refractivity contribution in [2.75, 3.05) is 18.1 Å². The van der Waals surface area contributed by atoms with Gasteiger partial charge in [-0.1, -0.05) is 29.9 Å². The number of ketones is 1. The SMILES string of the molecule is C=CCOc1ccc(C2/C(=C(\O)c3ccc(OCC)cc3)C(=O)C(=O)N2c2cc(C)on2)cc1. The molecule has 0 bridgehead atoms. The number of aromatic nitrogens is 1. The van der Waals surface area contributed by atoms with Crippen LogP contribution in [0.4, 0.5) is 5.82 Å². The van der Waals surface area contributed by atoms with E-state index in [4.69, 9.17) is 14.0 Å². The summed E-state index contributed by atoms with van der Waals surface area (Å²) in [6.07, 6.45) is 1.63. The highest BCUT2D eigenvalue weighted by Gasteiger charge is 2.48. The smallest absolute Gasteiger partial charge is 0.301 e. The van der Waals surface area contributed by atoms with Gasteiger partial charge in [-0.25, -0.2) is 0 Å². The van der Waals surface area contributed by atoms with Crippen molar-refractivity contribution in [3.63, 3.8) is 0 Å². The maximum atomic E-state index is 13.1. The Kier molecular flexibility index (Phi) is 6.49. The minimum Gasteiger partial charge on any atom is -0.507 e. The summed E-state index contributed by atoms with van der Waals surface area (Å²) in [6, 6.07) is 14.2. The Bertz CT molecular complexity index is 1240. The number of anilines is 1. The van der Waals surface area contributed by atoms with E-state index in [0.717, 1.165) is 0 Å². The van der Waals surface area contributed by atoms with Gasteiger partial charge in [0.1, 0.15) is 29.6 Å². The maximum absolute atomic E-state index is 13.1. The van der Waals surface area contributed by atoms with Crippen LogP contribution < -0.4 is 14.4 Å². The number of aryl methyl sites for hydroxylation is 1. The Morgan fingerprint density at radius 2 is 1.76 bits per heavy atom. The maximum Gasteiger partial charge on any atom is 0.301 e. The van der Waals surface area contributed by atoms with Crippen LogP contribution in [0.5, 0.6) is 11.5 Å². The van der Waals surface area contributed by atoms with E-state index in [1.165, 1.54) is 4.90 Å². The standard InChI is InChI=1S/C26H24N2O6/c1-4-14-33-20-10-6-17(7-11-20)23-22(24(29)18-8-12-19(13-9-18)32-5-2)25(30)26(31)28(23)21-15-16(3)34-27-21/h4,6-13,15,23,29H,1,5,14H2,2-3H3/b24-22+. The third kappa shape index (κ3) is 4.30. The van der Waals surface area contributed by atoms with E-state index >= 15 is 0 Å². The van der Waals surface area contributed by atoms with Gasteiger partial charge in [-0.2, -0.15) is 0 Å². The molecular formula is C26H24N2O6. The molecule has 1 saturated heterocycles. The summed E-state index contributed by atoms with van der Waals surface area (Å²) >= 11 is 0. The fraction of sp³-hybridized carbons (Fsp3) is 0.192. The molecule has 4 rings (SSSR count). The third-order valence-corrected chi connectivity index (χ3v) is 5.31. The molecule has 1 aliphatic heterocycles. The fourth-order valence-electron chi connectivity index (χ4n) is 3.78. The number of rotatable bonds is 8. The number of benzene rings is 2. The van der Waals surface area contributed by atoms with Crippen molar-refractivity contribution in [1.29, 1.82) is 0 Å². The molecule has 0 spiro atoms. The molecule has 3 aromatic rings. The van der Waals surface area contributed by atoms with Crippen molar-refractivity contribution < 1.29 is 28.7 Å². The Morgan fingerprint density at radius 1 is 1.12 bits per heavy atom. The van der Waals surface area contributed by atoms with Gasteiger partial charge in [0.2, 0.25) is 0 Å². The van der Waals surface area contributed by atoms with Crippen LogP contribution in [0.1, 0.15) is 29.9 Å². The second-order valence-corrected chi connectivity index (χ2v) is 7.59. The summed E-state index contributed by atoms with van der Waals surface area (Å²) in [4.78, 5) is 27.5. The molecule has 34 heavy (non-hydrogen) atoms. The monoisotopic (exact) mass is 460 g/mol. The first-order chi connectivity index (χ1) is 16.4. The van der Waals surface area contributed by atoms with Crippen LogP contribution in [-0.4, -0.2) is 35.2 Å². The van der Waals surface area contributed by atoms with Gasteiger partial charge in [-0.05, 0) is 55.8 Å². The lowest BCUT2D eigenvalue weighted by atomic mass is 9.95. The molecule has 0 saturated carbocycles. The van der Waals surface area contributed by atoms with Gasteiger partial charge in [0.05, 0.1) is 18.2 Å². The number of hydrogen-bond donors (Lipinski definition) is 1. The van der Waals surface area contributed by atoms with Crippen molar-refractivity contribution in [3.05, 3.63) is 89.7 Å². The first-order valence-electron chi connectivity index (χ1n) is 10.8. The molecule has 8 nitrogen and oxygen atoms in total. The normalized spacial score (nSPS) is 17.1. The average Bonchev–Trinajstić information content (AvgIpc) is 3.38. The molecule has 0 aliphatic carbocycles. The van der Waals surface area contributed by atoms with Crippen molar-refractivity contribution in [2.45, 2.75) is 19.9 Å². The van der Waals surface area contributed by atoms with Gasteiger partial charge in [0.25, 0.3) is 5.78 Å². The van der Waals surface area contributed by atoms with Gasteiger partial charge < -0.3 is 19.1 Å². The first kappa shape index (κ1) is 22.8. The summed E-state index contributed by atoms with van der Waals surface area (Å²) in [5.74, 6) is -0.0193. The van der Waals surface area contributed by atoms with Crippen molar-refractivity contribution in [1.82, 2.24) is 5.16 Å². The van der Waals surface area contributed by atoms with E-state index in [9.17, 15) is 14.7 Å². The second-order valence-electron chi connectivity index (χ2n) is 7.59. The summed E-state index contributed by atoms with van der Waals surface area (Å²) in [7, 11) is 0. The number of ether oxygens (including phenoxy) is 2. The van der Waals surface area contributed by atoms with E-state index in [0.29, 0.717) is 41.6 Å². The van der Waals surface area contributed by atoms with E-state index < -0.39 is 17.7 Å². The van der Waals surface area contributed by atoms with Crippen LogP contribution in [0, 0.1) is 6.92 Å². The van der Waals surface area contributed by atoms with Gasteiger partial charge >= 0.3 is 5.91 Å². The molecule has 2 heterocycles. The lowest BCUT2D eigenvalue weighted by molar-refractivity contribution is -0.132. The van der Waals surface area contributed by atoms with E-state index in [1.54, 1.807) is 67.6 Å². The molecule has 0 radical (unpaired) electrons. The number of carbonyl (C=O) groups is 2. The summed E-state index contributed by atoms with van der Waals surface area (Å²) in [6.45, 7) is 8.03. The van der Waals surface area contributed by atoms with Crippen molar-refractivity contribution in [3.8, 4) is 11.5 Å². The fourth-order valence-corrected chi connectivity index (χ4v) is 3.78. The molecule has 1 N–H and O–H groups in total. The number of aliphatic hydroxyl groups excluding tert-OH is 1. The lowest BCUT2D eigenvalue weighted by Crippen LogP contribution is -2.29. The molecular weight excluding hydrogens is 436 g/mol. The van der Waals surface area contributed by atoms with Gasteiger partial charge in [0, 0.05) is 11.6 Å². The van der Waals surface area contributed by atoms with Crippen LogP contribution in [0.3, 0.4) is 0 Å². The summed E-state index contributed by atoms with van der Waals surface area (Å²) in [5.41, 5.74) is 0.932. The highest BCUT2D eigenvalue weighted by atomic mass is 16.5. The molecule has 1 aromatic heterocycles. The average molecular weight is 460 g/mol. The van der Waals surface area contributed by atoms with Crippen LogP contribution in [0.2, 0.25) is 0 Å². The van der Waals surface area contributed by atoms with Crippen molar-refractivity contribution in [2.24, 2.45) is 0 Å². The summed E-state index contributed by atoms with van der Waals surface area (Å²) in [5, 5.41) is 15.1. The zero-order valence-corrected chi connectivity index (χ0v) is 18.9. The summed E-state index contributed by atoms with van der Waals surface area (Å²) < 4.78 is 16.1. The molecule has 1 atom stereocenters. The quantitative estimate of drug-likeness (QED) is 0.227. The zero-order chi connectivity index (χ0) is 24.2. The van der Waals surface area contributed by atoms with Crippen molar-refractivity contribution >= 4 is 23.3 Å². The molecule has 1 unspecified atom stereocenters. The zero-order valence-electron chi connectivity index (χ0n) is 18.9. The molecule has 1 aliphatic rings. The van der Waals surface area contributed by atoms with Crippen LogP contribution in [0.25, 0.3) is 5.76 Å². The topological polar surface area (TPSA) is 102 Å². The molecule has 1 fully saturated rings. The predicted octanol–water partition coefficient (Wildman–Crippen LogP) is 4.57. The Balaban J connectivity index is 1.82. The highest BCUT2D eigenvalue weighted by molar-refractivity contribution is 6.51. The number of amides is 1. The van der Waals surface area contributed by atoms with E-state index in [-0.39, 0.29) is 17.2 Å². The number of carbonyl (C=O) groups excluding carboxylic acids is 2. The predicted molar refractivity (Wildman–Crippen MR) is 126 cm³/mol. The number of nitrogens with zero attached hydrogens (tertiary/aromatic N) is 2. The van der Waals surface area contributed by atoms with Gasteiger partial charge in [-0.3, -0.25) is 14.5 Å². The Morgan fingerprint density at radius 3 is 2.35 bits per heavy atom. The number of Topliss-reactive ketones (excluding diaryl/α,β-unsaturated/α-hetero) is 1. The third-order valence-electron chi connectivity index (χ3n) is 5.31. The molecule has 174 valence electrons. The Labute approximate surface area is 196 Å². The number of hydrogen-bond acceptors (Lipinski definition) is 7. The van der Waals surface area contributed by atoms with Gasteiger partial charge in [0.15, 0.2) is 5.82 Å². The van der Waals surface area contributed by atoms with Crippen LogP contribution in [-0.2, 0) is 9.59 Å². The largest absolute Gasteiger partial charge is 0.507 e. The van der Waals surface area contributed by atoms with Gasteiger partial charge in [-0.15, -0.1) is 0 Å². The lowest BCUT2D eigenvalue weighted by Gasteiger charge is -2.23. The van der Waals surface area contributed by atoms with E-state index in [2.05, 4.69) is 11.7 Å². The van der Waals surface area contributed by atoms with Crippen LogP contribution >= 0.6 is 0 Å². The highest BCUT2D eigenvalue weighted by Crippen LogP contribution is 2.42. The first-order valence-corrected chi connectivity index (χ1v) is 10.8. The minimum atomic E-state index is -0.912. The molecule has 2 aromatic carbocycles.